The van der Waals surface area contributed by atoms with Crippen molar-refractivity contribution in [2.75, 3.05) is 26.6 Å². The minimum absolute atomic E-state index is 0.157. The summed E-state index contributed by atoms with van der Waals surface area (Å²) in [5, 5.41) is 3.90. The molecule has 0 saturated carbocycles. The van der Waals surface area contributed by atoms with Gasteiger partial charge < -0.3 is 28.8 Å². The van der Waals surface area contributed by atoms with E-state index in [1.807, 2.05) is 65.4 Å². The van der Waals surface area contributed by atoms with Crippen molar-refractivity contribution >= 4 is 22.5 Å². The molecule has 0 spiro atoms. The van der Waals surface area contributed by atoms with Crippen LogP contribution in [0.25, 0.3) is 10.9 Å². The number of carbonyl (C=O) groups is 1. The predicted octanol–water partition coefficient (Wildman–Crippen LogP) is 4.88. The number of methoxy groups -OCH3 is 3. The summed E-state index contributed by atoms with van der Waals surface area (Å²) in [5.74, 6) is 2.03. The number of fused-ring (bicyclic) bond motifs is 1. The minimum atomic E-state index is -0.175. The molecule has 1 amide bonds. The number of carbonyl (C=O) groups excluding carboxylic acids is 1. The zero-order valence-corrected chi connectivity index (χ0v) is 18.8. The minimum Gasteiger partial charge on any atom is -0.493 e. The fourth-order valence-electron chi connectivity index (χ4n) is 3.66. The SMILES string of the molecule is COc1cc(NC(=O)Cn2ccc3cc(OCc4ccccc4)ccc32)cc(OC)c1OC. The maximum Gasteiger partial charge on any atom is 0.244 e. The van der Waals surface area contributed by atoms with Gasteiger partial charge in [0.25, 0.3) is 0 Å². The Kier molecular flexibility index (Phi) is 6.69. The number of hydrogen-bond donors (Lipinski definition) is 1. The summed E-state index contributed by atoms with van der Waals surface area (Å²) >= 11 is 0. The molecule has 0 aliphatic rings. The van der Waals surface area contributed by atoms with Gasteiger partial charge in [0.2, 0.25) is 11.7 Å². The summed E-state index contributed by atoms with van der Waals surface area (Å²) in [4.78, 5) is 12.7. The van der Waals surface area contributed by atoms with E-state index in [-0.39, 0.29) is 12.5 Å². The van der Waals surface area contributed by atoms with Gasteiger partial charge in [-0.1, -0.05) is 30.3 Å². The number of aromatic nitrogens is 1. The first-order valence-electron chi connectivity index (χ1n) is 10.5. The topological polar surface area (TPSA) is 71.0 Å². The lowest BCUT2D eigenvalue weighted by Crippen LogP contribution is -2.18. The van der Waals surface area contributed by atoms with Gasteiger partial charge in [-0.2, -0.15) is 0 Å². The number of ether oxygens (including phenoxy) is 4. The number of rotatable bonds is 9. The Labute approximate surface area is 192 Å². The Hall–Kier alpha value is -4.13. The van der Waals surface area contributed by atoms with Crippen LogP contribution in [0, 0.1) is 0 Å². The second kappa shape index (κ2) is 9.99. The van der Waals surface area contributed by atoms with E-state index in [1.165, 1.54) is 21.3 Å². The number of amides is 1. The number of nitrogens with zero attached hydrogens (tertiary/aromatic N) is 1. The molecule has 3 aromatic carbocycles. The molecule has 170 valence electrons. The maximum absolute atomic E-state index is 12.7. The van der Waals surface area contributed by atoms with E-state index in [0.29, 0.717) is 29.5 Å². The Morgan fingerprint density at radius 1 is 0.879 bits per heavy atom. The monoisotopic (exact) mass is 446 g/mol. The highest BCUT2D eigenvalue weighted by molar-refractivity contribution is 5.93. The maximum atomic E-state index is 12.7. The van der Waals surface area contributed by atoms with Gasteiger partial charge in [0.1, 0.15) is 18.9 Å². The first-order chi connectivity index (χ1) is 16.1. The summed E-state index contributed by atoms with van der Waals surface area (Å²) in [5.41, 5.74) is 2.61. The predicted molar refractivity (Wildman–Crippen MR) is 127 cm³/mol. The largest absolute Gasteiger partial charge is 0.493 e. The molecular weight excluding hydrogens is 420 g/mol. The van der Waals surface area contributed by atoms with Crippen LogP contribution in [0.2, 0.25) is 0 Å². The summed E-state index contributed by atoms with van der Waals surface area (Å²) in [6.45, 7) is 0.661. The van der Waals surface area contributed by atoms with Crippen molar-refractivity contribution < 1.29 is 23.7 Å². The van der Waals surface area contributed by atoms with Crippen LogP contribution in [0.5, 0.6) is 23.0 Å². The van der Waals surface area contributed by atoms with Crippen molar-refractivity contribution in [1.82, 2.24) is 4.57 Å². The summed E-state index contributed by atoms with van der Waals surface area (Å²) in [6, 6.07) is 21.2. The third kappa shape index (κ3) is 5.03. The van der Waals surface area contributed by atoms with Crippen LogP contribution in [0.15, 0.2) is 72.9 Å². The molecule has 0 fully saturated rings. The Morgan fingerprint density at radius 2 is 1.61 bits per heavy atom. The lowest BCUT2D eigenvalue weighted by molar-refractivity contribution is -0.116. The third-order valence-electron chi connectivity index (χ3n) is 5.25. The Balaban J connectivity index is 1.45. The molecule has 1 aromatic heterocycles. The number of hydrogen-bond acceptors (Lipinski definition) is 5. The molecule has 1 N–H and O–H groups in total. The van der Waals surface area contributed by atoms with E-state index in [1.54, 1.807) is 12.1 Å². The Bertz CT molecular complexity index is 1230. The molecule has 0 radical (unpaired) electrons. The van der Waals surface area contributed by atoms with Gasteiger partial charge in [0.15, 0.2) is 11.5 Å². The standard InChI is InChI=1S/C26H26N2O5/c1-30-23-14-20(15-24(31-2)26(23)32-3)27-25(29)16-28-12-11-19-13-21(9-10-22(19)28)33-17-18-7-5-4-6-8-18/h4-15H,16-17H2,1-3H3,(H,27,29). The zero-order chi connectivity index (χ0) is 23.2. The lowest BCUT2D eigenvalue weighted by Gasteiger charge is -2.15. The van der Waals surface area contributed by atoms with Crippen LogP contribution in [0.4, 0.5) is 5.69 Å². The molecule has 4 aromatic rings. The zero-order valence-electron chi connectivity index (χ0n) is 18.8. The molecule has 33 heavy (non-hydrogen) atoms. The first-order valence-corrected chi connectivity index (χ1v) is 10.5. The Morgan fingerprint density at radius 3 is 2.27 bits per heavy atom. The highest BCUT2D eigenvalue weighted by Crippen LogP contribution is 2.40. The number of anilines is 1. The fourth-order valence-corrected chi connectivity index (χ4v) is 3.66. The van der Waals surface area contributed by atoms with Crippen molar-refractivity contribution in [1.29, 1.82) is 0 Å². The highest BCUT2D eigenvalue weighted by atomic mass is 16.5. The molecule has 0 aliphatic carbocycles. The molecule has 1 heterocycles. The van der Waals surface area contributed by atoms with Crippen LogP contribution in [0.1, 0.15) is 5.56 Å². The molecule has 0 bridgehead atoms. The van der Waals surface area contributed by atoms with Gasteiger partial charge in [0, 0.05) is 34.9 Å². The van der Waals surface area contributed by atoms with Gasteiger partial charge >= 0.3 is 0 Å². The van der Waals surface area contributed by atoms with Crippen molar-refractivity contribution in [3.8, 4) is 23.0 Å². The third-order valence-corrected chi connectivity index (χ3v) is 5.25. The average Bonchev–Trinajstić information content (AvgIpc) is 3.24. The molecule has 0 aliphatic heterocycles. The van der Waals surface area contributed by atoms with E-state index in [9.17, 15) is 4.79 Å². The second-order valence-corrected chi connectivity index (χ2v) is 7.40. The van der Waals surface area contributed by atoms with Gasteiger partial charge in [-0.15, -0.1) is 0 Å². The normalized spacial score (nSPS) is 10.6. The van der Waals surface area contributed by atoms with Crippen LogP contribution >= 0.6 is 0 Å². The van der Waals surface area contributed by atoms with Crippen molar-refractivity contribution in [3.63, 3.8) is 0 Å². The van der Waals surface area contributed by atoms with E-state index in [2.05, 4.69) is 5.32 Å². The van der Waals surface area contributed by atoms with E-state index < -0.39 is 0 Å². The fraction of sp³-hybridized carbons (Fsp3) is 0.192. The summed E-state index contributed by atoms with van der Waals surface area (Å²) in [6.07, 6.45) is 1.89. The molecule has 0 unspecified atom stereocenters. The number of nitrogens with one attached hydrogen (secondary N) is 1. The van der Waals surface area contributed by atoms with Gasteiger partial charge in [-0.05, 0) is 29.8 Å². The molecule has 7 nitrogen and oxygen atoms in total. The van der Waals surface area contributed by atoms with Crippen molar-refractivity contribution in [2.45, 2.75) is 13.2 Å². The summed E-state index contributed by atoms with van der Waals surface area (Å²) < 4.78 is 23.8. The van der Waals surface area contributed by atoms with Gasteiger partial charge in [-0.3, -0.25) is 4.79 Å². The van der Waals surface area contributed by atoms with Gasteiger partial charge in [0.05, 0.1) is 21.3 Å². The van der Waals surface area contributed by atoms with Crippen molar-refractivity contribution in [3.05, 3.63) is 78.5 Å². The number of benzene rings is 3. The summed E-state index contributed by atoms with van der Waals surface area (Å²) in [7, 11) is 4.60. The van der Waals surface area contributed by atoms with E-state index in [4.69, 9.17) is 18.9 Å². The van der Waals surface area contributed by atoms with Crippen LogP contribution < -0.4 is 24.3 Å². The molecule has 4 rings (SSSR count). The molecule has 0 saturated heterocycles. The van der Waals surface area contributed by atoms with Crippen LogP contribution in [0.3, 0.4) is 0 Å². The smallest absolute Gasteiger partial charge is 0.244 e. The second-order valence-electron chi connectivity index (χ2n) is 7.40. The van der Waals surface area contributed by atoms with E-state index >= 15 is 0 Å². The van der Waals surface area contributed by atoms with Crippen molar-refractivity contribution in [2.24, 2.45) is 0 Å². The average molecular weight is 447 g/mol. The van der Waals surface area contributed by atoms with Gasteiger partial charge in [-0.25, -0.2) is 0 Å². The quantitative estimate of drug-likeness (QED) is 0.397. The lowest BCUT2D eigenvalue weighted by atomic mass is 10.2. The van der Waals surface area contributed by atoms with Crippen LogP contribution in [-0.4, -0.2) is 31.8 Å². The molecular formula is C26H26N2O5. The highest BCUT2D eigenvalue weighted by Gasteiger charge is 2.15. The molecule has 7 heteroatoms. The van der Waals surface area contributed by atoms with E-state index in [0.717, 1.165) is 22.2 Å². The van der Waals surface area contributed by atoms with Crippen LogP contribution in [-0.2, 0) is 17.9 Å². The first kappa shape index (κ1) is 22.1. The molecule has 0 atom stereocenters.